The second-order valence-electron chi connectivity index (χ2n) is 4.32. The summed E-state index contributed by atoms with van der Waals surface area (Å²) in [5.41, 5.74) is 10.5. The Bertz CT molecular complexity index is 490. The fraction of sp³-hybridized carbons (Fsp3) is 0.385. The average Bonchev–Trinajstić information content (AvgIpc) is 2.44. The molecule has 9 heteroatoms. The average molecular weight is 321 g/mol. The zero-order chi connectivity index (χ0) is 17.3. The van der Waals surface area contributed by atoms with Crippen LogP contribution in [-0.4, -0.2) is 36.1 Å². The minimum absolute atomic E-state index is 0.00541. The lowest BCUT2D eigenvalue weighted by Crippen LogP contribution is -2.46. The summed E-state index contributed by atoms with van der Waals surface area (Å²) >= 11 is 0. The minimum Gasteiger partial charge on any atom is -0.480 e. The zero-order valence-electron chi connectivity index (χ0n) is 11.9. The van der Waals surface area contributed by atoms with Gasteiger partial charge in [0.05, 0.1) is 11.6 Å². The van der Waals surface area contributed by atoms with Gasteiger partial charge in [-0.2, -0.15) is 13.2 Å². The van der Waals surface area contributed by atoms with Crippen LogP contribution in [0, 0.1) is 6.92 Å². The van der Waals surface area contributed by atoms with Gasteiger partial charge in [-0.25, -0.2) is 0 Å². The van der Waals surface area contributed by atoms with E-state index >= 15 is 0 Å². The maximum atomic E-state index is 11.9. The van der Waals surface area contributed by atoms with Crippen LogP contribution in [0.5, 0.6) is 0 Å². The third-order valence-corrected chi connectivity index (χ3v) is 2.38. The van der Waals surface area contributed by atoms with E-state index in [0.29, 0.717) is 0 Å². The van der Waals surface area contributed by atoms with Crippen LogP contribution >= 0.6 is 0 Å². The molecule has 1 aromatic rings. The number of hydrogen-bond donors (Lipinski definition) is 4. The first kappa shape index (κ1) is 19.9. The van der Waals surface area contributed by atoms with Gasteiger partial charge in [-0.15, -0.1) is 0 Å². The van der Waals surface area contributed by atoms with Crippen LogP contribution in [0.15, 0.2) is 24.3 Å². The van der Waals surface area contributed by atoms with Crippen molar-refractivity contribution >= 4 is 11.9 Å². The summed E-state index contributed by atoms with van der Waals surface area (Å²) in [5, 5.41) is 10.2. The predicted octanol–water partition coefficient (Wildman–Crippen LogP) is 0.487. The monoisotopic (exact) mass is 321 g/mol. The summed E-state index contributed by atoms with van der Waals surface area (Å²) < 4.78 is 35.8. The van der Waals surface area contributed by atoms with Gasteiger partial charge >= 0.3 is 12.1 Å². The molecule has 0 aliphatic heterocycles. The number of carboxylic acids is 1. The molecule has 0 aliphatic rings. The van der Waals surface area contributed by atoms with E-state index in [9.17, 15) is 22.8 Å². The van der Waals surface area contributed by atoms with Crippen molar-refractivity contribution in [2.45, 2.75) is 19.1 Å². The molecule has 0 saturated carbocycles. The third kappa shape index (κ3) is 8.22. The Hall–Kier alpha value is -2.13. The van der Waals surface area contributed by atoms with Crippen molar-refractivity contribution in [3.8, 4) is 0 Å². The first-order chi connectivity index (χ1) is 10.1. The molecule has 0 spiro atoms. The van der Waals surface area contributed by atoms with Crippen LogP contribution < -0.4 is 16.8 Å². The number of benzene rings is 1. The van der Waals surface area contributed by atoms with E-state index in [1.807, 2.05) is 0 Å². The SMILES string of the molecule is Cc1ccc(C(F)(F)F)cc1.NCC(N)C(=O)NCC(=O)O. The van der Waals surface area contributed by atoms with E-state index in [1.54, 1.807) is 6.92 Å². The number of rotatable bonds is 4. The number of nitrogens with one attached hydrogen (secondary N) is 1. The Morgan fingerprint density at radius 3 is 2.14 bits per heavy atom. The van der Waals surface area contributed by atoms with Gasteiger partial charge < -0.3 is 21.9 Å². The molecule has 0 aliphatic carbocycles. The lowest BCUT2D eigenvalue weighted by atomic mass is 10.1. The normalized spacial score (nSPS) is 11.9. The van der Waals surface area contributed by atoms with Gasteiger partial charge in [0, 0.05) is 6.54 Å². The molecule has 0 aromatic heterocycles. The fourth-order valence-electron chi connectivity index (χ4n) is 1.14. The van der Waals surface area contributed by atoms with Gasteiger partial charge in [0.1, 0.15) is 6.54 Å². The predicted molar refractivity (Wildman–Crippen MR) is 73.9 cm³/mol. The van der Waals surface area contributed by atoms with Crippen LogP contribution in [0.3, 0.4) is 0 Å². The molecule has 1 rings (SSSR count). The van der Waals surface area contributed by atoms with E-state index < -0.39 is 36.2 Å². The Kier molecular flexibility index (Phi) is 8.13. The van der Waals surface area contributed by atoms with E-state index in [-0.39, 0.29) is 6.54 Å². The minimum atomic E-state index is -4.21. The van der Waals surface area contributed by atoms with Gasteiger partial charge in [0.2, 0.25) is 5.91 Å². The number of nitrogens with two attached hydrogens (primary N) is 2. The highest BCUT2D eigenvalue weighted by Gasteiger charge is 2.29. The molecule has 1 aromatic carbocycles. The Morgan fingerprint density at radius 1 is 1.27 bits per heavy atom. The molecule has 124 valence electrons. The smallest absolute Gasteiger partial charge is 0.416 e. The second kappa shape index (κ2) is 9.00. The van der Waals surface area contributed by atoms with Crippen LogP contribution in [0.1, 0.15) is 11.1 Å². The van der Waals surface area contributed by atoms with Gasteiger partial charge in [-0.3, -0.25) is 9.59 Å². The molecule has 6 nitrogen and oxygen atoms in total. The molecule has 22 heavy (non-hydrogen) atoms. The van der Waals surface area contributed by atoms with Crippen molar-refractivity contribution in [3.05, 3.63) is 35.4 Å². The fourth-order valence-corrected chi connectivity index (χ4v) is 1.14. The summed E-state index contributed by atoms with van der Waals surface area (Å²) in [7, 11) is 0. The molecule has 0 heterocycles. The van der Waals surface area contributed by atoms with Crippen molar-refractivity contribution in [2.24, 2.45) is 11.5 Å². The highest BCUT2D eigenvalue weighted by molar-refractivity contribution is 5.85. The quantitative estimate of drug-likeness (QED) is 0.643. The first-order valence-electron chi connectivity index (χ1n) is 6.17. The van der Waals surface area contributed by atoms with E-state index in [1.165, 1.54) is 12.1 Å². The van der Waals surface area contributed by atoms with Crippen molar-refractivity contribution in [1.29, 1.82) is 0 Å². The molecule has 0 bridgehead atoms. The summed E-state index contributed by atoms with van der Waals surface area (Å²) in [6.45, 7) is 1.33. The van der Waals surface area contributed by atoms with E-state index in [2.05, 4.69) is 5.32 Å². The number of alkyl halides is 3. The number of aryl methyl sites for hydroxylation is 1. The highest BCUT2D eigenvalue weighted by atomic mass is 19.4. The van der Waals surface area contributed by atoms with E-state index in [4.69, 9.17) is 16.6 Å². The molecule has 1 atom stereocenters. The molecule has 0 radical (unpaired) electrons. The van der Waals surface area contributed by atoms with Crippen LogP contribution in [0.25, 0.3) is 0 Å². The highest BCUT2D eigenvalue weighted by Crippen LogP contribution is 2.28. The second-order valence-corrected chi connectivity index (χ2v) is 4.32. The van der Waals surface area contributed by atoms with Crippen LogP contribution in [-0.2, 0) is 15.8 Å². The number of hydrogen-bond acceptors (Lipinski definition) is 4. The molecule has 0 saturated heterocycles. The van der Waals surface area contributed by atoms with Crippen molar-refractivity contribution in [2.75, 3.05) is 13.1 Å². The number of aliphatic carboxylic acids is 1. The molecule has 1 unspecified atom stereocenters. The van der Waals surface area contributed by atoms with Crippen LogP contribution in [0.2, 0.25) is 0 Å². The Balaban J connectivity index is 0.000000401. The maximum Gasteiger partial charge on any atom is 0.416 e. The summed E-state index contributed by atoms with van der Waals surface area (Å²) in [6.07, 6.45) is -4.21. The molecular formula is C13H18F3N3O3. The van der Waals surface area contributed by atoms with Crippen LogP contribution in [0.4, 0.5) is 13.2 Å². The Morgan fingerprint density at radius 2 is 1.77 bits per heavy atom. The number of carbonyl (C=O) groups excluding carboxylic acids is 1. The number of halogens is 3. The molecule has 1 amide bonds. The topological polar surface area (TPSA) is 118 Å². The summed E-state index contributed by atoms with van der Waals surface area (Å²) in [5.74, 6) is -1.66. The number of carboxylic acid groups (broad SMARTS) is 1. The van der Waals surface area contributed by atoms with Gasteiger partial charge in [0.15, 0.2) is 0 Å². The Labute approximate surface area is 125 Å². The van der Waals surface area contributed by atoms with Gasteiger partial charge in [-0.1, -0.05) is 17.7 Å². The van der Waals surface area contributed by atoms with E-state index in [0.717, 1.165) is 17.7 Å². The molecule has 6 N–H and O–H groups in total. The zero-order valence-corrected chi connectivity index (χ0v) is 11.9. The standard InChI is InChI=1S/C8H7F3.C5H11N3O3/c1-6-2-4-7(5-3-6)8(9,10)11;6-1-3(7)5(11)8-2-4(9)10/h2-5H,1H3;3H,1-2,6-7H2,(H,8,11)(H,9,10). The van der Waals surface area contributed by atoms with Crippen molar-refractivity contribution < 1.29 is 27.9 Å². The number of amides is 1. The number of carbonyl (C=O) groups is 2. The first-order valence-corrected chi connectivity index (χ1v) is 6.17. The van der Waals surface area contributed by atoms with Gasteiger partial charge in [-0.05, 0) is 19.1 Å². The molecule has 0 fully saturated rings. The third-order valence-electron chi connectivity index (χ3n) is 2.38. The summed E-state index contributed by atoms with van der Waals surface area (Å²) in [4.78, 5) is 20.6. The van der Waals surface area contributed by atoms with Crippen molar-refractivity contribution in [1.82, 2.24) is 5.32 Å². The largest absolute Gasteiger partial charge is 0.480 e. The summed E-state index contributed by atoms with van der Waals surface area (Å²) in [6, 6.07) is 4.23. The van der Waals surface area contributed by atoms with Gasteiger partial charge in [0.25, 0.3) is 0 Å². The van der Waals surface area contributed by atoms with Crippen molar-refractivity contribution in [3.63, 3.8) is 0 Å². The lowest BCUT2D eigenvalue weighted by Gasteiger charge is -2.06. The molecular weight excluding hydrogens is 303 g/mol. The lowest BCUT2D eigenvalue weighted by molar-refractivity contribution is -0.138. The maximum absolute atomic E-state index is 11.9.